The number of nitrogens with zero attached hydrogens (tertiary/aromatic N) is 2. The quantitative estimate of drug-likeness (QED) is 0.762. The highest BCUT2D eigenvalue weighted by atomic mass is 16.5. The number of likely N-dealkylation sites (tertiary alicyclic amines) is 1. The van der Waals surface area contributed by atoms with E-state index in [1.54, 1.807) is 0 Å². The van der Waals surface area contributed by atoms with Gasteiger partial charge < -0.3 is 9.64 Å². The first-order valence-corrected chi connectivity index (χ1v) is 7.25. The molecule has 2 aliphatic rings. The Morgan fingerprint density at radius 3 is 2.78 bits per heavy atom. The summed E-state index contributed by atoms with van der Waals surface area (Å²) in [5.41, 5.74) is 0. The van der Waals surface area contributed by atoms with E-state index in [-0.39, 0.29) is 12.0 Å². The van der Waals surface area contributed by atoms with Crippen molar-refractivity contribution in [3.63, 3.8) is 0 Å². The predicted molar refractivity (Wildman–Crippen MR) is 71.4 cm³/mol. The van der Waals surface area contributed by atoms with E-state index in [9.17, 15) is 4.79 Å². The third-order valence-electron chi connectivity index (χ3n) is 4.35. The van der Waals surface area contributed by atoms with Crippen LogP contribution in [-0.4, -0.2) is 60.6 Å². The minimum atomic E-state index is 0.183. The SMILES string of the molecule is CC[C@@H]1[C@H](C)CCN1CC(=O)N1CCO[C@H](C)C1. The normalized spacial score (nSPS) is 33.9. The summed E-state index contributed by atoms with van der Waals surface area (Å²) >= 11 is 0. The smallest absolute Gasteiger partial charge is 0.236 e. The minimum absolute atomic E-state index is 0.183. The number of carbonyl (C=O) groups excluding carboxylic acids is 1. The van der Waals surface area contributed by atoms with Crippen LogP contribution in [0.15, 0.2) is 0 Å². The molecule has 2 saturated heterocycles. The van der Waals surface area contributed by atoms with E-state index in [0.717, 1.165) is 32.0 Å². The van der Waals surface area contributed by atoms with Crippen LogP contribution in [0, 0.1) is 5.92 Å². The van der Waals surface area contributed by atoms with Crippen LogP contribution < -0.4 is 0 Å². The Labute approximate surface area is 110 Å². The largest absolute Gasteiger partial charge is 0.375 e. The van der Waals surface area contributed by atoms with E-state index in [2.05, 4.69) is 18.7 Å². The fourth-order valence-corrected chi connectivity index (χ4v) is 3.26. The molecule has 3 atom stereocenters. The zero-order valence-corrected chi connectivity index (χ0v) is 11.9. The Kier molecular flexibility index (Phi) is 4.62. The van der Waals surface area contributed by atoms with Crippen LogP contribution >= 0.6 is 0 Å². The Bertz CT molecular complexity index is 296. The molecule has 0 N–H and O–H groups in total. The topological polar surface area (TPSA) is 32.8 Å². The van der Waals surface area contributed by atoms with Crippen molar-refractivity contribution in [2.75, 3.05) is 32.8 Å². The number of rotatable bonds is 3. The molecule has 0 aromatic rings. The third-order valence-corrected chi connectivity index (χ3v) is 4.35. The summed E-state index contributed by atoms with van der Waals surface area (Å²) in [6, 6.07) is 0.590. The summed E-state index contributed by atoms with van der Waals surface area (Å²) in [5.74, 6) is 1.00. The Morgan fingerprint density at radius 1 is 1.33 bits per heavy atom. The molecule has 2 fully saturated rings. The molecule has 2 aliphatic heterocycles. The lowest BCUT2D eigenvalue weighted by atomic mass is 10.0. The van der Waals surface area contributed by atoms with Gasteiger partial charge in [-0.3, -0.25) is 9.69 Å². The Hall–Kier alpha value is -0.610. The van der Waals surface area contributed by atoms with Gasteiger partial charge in [-0.05, 0) is 32.2 Å². The standard InChI is InChI=1S/C14H26N2O2/c1-4-13-11(2)5-6-15(13)10-14(17)16-7-8-18-12(3)9-16/h11-13H,4-10H2,1-3H3/t11-,12-,13-/m1/s1. The van der Waals surface area contributed by atoms with Gasteiger partial charge in [-0.25, -0.2) is 0 Å². The molecule has 0 radical (unpaired) electrons. The van der Waals surface area contributed by atoms with Crippen molar-refractivity contribution in [1.29, 1.82) is 0 Å². The number of hydrogen-bond acceptors (Lipinski definition) is 3. The van der Waals surface area contributed by atoms with Gasteiger partial charge in [0.1, 0.15) is 0 Å². The van der Waals surface area contributed by atoms with Gasteiger partial charge in [-0.15, -0.1) is 0 Å². The molecular weight excluding hydrogens is 228 g/mol. The van der Waals surface area contributed by atoms with Gasteiger partial charge in [0.05, 0.1) is 19.3 Å². The van der Waals surface area contributed by atoms with E-state index in [4.69, 9.17) is 4.74 Å². The van der Waals surface area contributed by atoms with Gasteiger partial charge in [-0.1, -0.05) is 13.8 Å². The second kappa shape index (κ2) is 6.02. The van der Waals surface area contributed by atoms with E-state index in [0.29, 0.717) is 19.2 Å². The molecule has 1 amide bonds. The van der Waals surface area contributed by atoms with Crippen LogP contribution in [0.4, 0.5) is 0 Å². The zero-order chi connectivity index (χ0) is 13.1. The average Bonchev–Trinajstić information content (AvgIpc) is 2.69. The van der Waals surface area contributed by atoms with Gasteiger partial charge in [-0.2, -0.15) is 0 Å². The molecule has 0 saturated carbocycles. The highest BCUT2D eigenvalue weighted by Gasteiger charge is 2.32. The van der Waals surface area contributed by atoms with Crippen LogP contribution in [-0.2, 0) is 9.53 Å². The maximum absolute atomic E-state index is 12.3. The molecule has 4 heteroatoms. The van der Waals surface area contributed by atoms with Crippen molar-refractivity contribution in [3.8, 4) is 0 Å². The maximum Gasteiger partial charge on any atom is 0.236 e. The first-order valence-electron chi connectivity index (χ1n) is 7.25. The molecule has 18 heavy (non-hydrogen) atoms. The monoisotopic (exact) mass is 254 g/mol. The molecule has 0 spiro atoms. The van der Waals surface area contributed by atoms with Crippen molar-refractivity contribution in [1.82, 2.24) is 9.80 Å². The van der Waals surface area contributed by atoms with Gasteiger partial charge in [0, 0.05) is 19.1 Å². The molecule has 0 aliphatic carbocycles. The summed E-state index contributed by atoms with van der Waals surface area (Å²) in [4.78, 5) is 16.6. The highest BCUT2D eigenvalue weighted by molar-refractivity contribution is 5.78. The van der Waals surface area contributed by atoms with Crippen LogP contribution in [0.5, 0.6) is 0 Å². The van der Waals surface area contributed by atoms with Crippen molar-refractivity contribution >= 4 is 5.91 Å². The fraction of sp³-hybridized carbons (Fsp3) is 0.929. The predicted octanol–water partition coefficient (Wildman–Crippen LogP) is 1.35. The lowest BCUT2D eigenvalue weighted by Gasteiger charge is -2.33. The van der Waals surface area contributed by atoms with Crippen LogP contribution in [0.2, 0.25) is 0 Å². The van der Waals surface area contributed by atoms with E-state index >= 15 is 0 Å². The van der Waals surface area contributed by atoms with E-state index in [1.807, 2.05) is 11.8 Å². The molecule has 2 heterocycles. The van der Waals surface area contributed by atoms with Crippen molar-refractivity contribution in [3.05, 3.63) is 0 Å². The Balaban J connectivity index is 1.87. The van der Waals surface area contributed by atoms with Crippen molar-refractivity contribution < 1.29 is 9.53 Å². The fourth-order valence-electron chi connectivity index (χ4n) is 3.26. The van der Waals surface area contributed by atoms with Gasteiger partial charge >= 0.3 is 0 Å². The summed E-state index contributed by atoms with van der Waals surface area (Å²) in [6.07, 6.45) is 2.56. The van der Waals surface area contributed by atoms with Gasteiger partial charge in [0.25, 0.3) is 0 Å². The minimum Gasteiger partial charge on any atom is -0.375 e. The third kappa shape index (κ3) is 3.04. The van der Waals surface area contributed by atoms with Gasteiger partial charge in [0.15, 0.2) is 0 Å². The number of ether oxygens (including phenoxy) is 1. The number of hydrogen-bond donors (Lipinski definition) is 0. The number of amides is 1. The first-order chi connectivity index (χ1) is 8.61. The van der Waals surface area contributed by atoms with Crippen molar-refractivity contribution in [2.24, 2.45) is 5.92 Å². The highest BCUT2D eigenvalue weighted by Crippen LogP contribution is 2.25. The van der Waals surface area contributed by atoms with Crippen LogP contribution in [0.1, 0.15) is 33.6 Å². The van der Waals surface area contributed by atoms with Crippen LogP contribution in [0.3, 0.4) is 0 Å². The number of morpholine rings is 1. The molecule has 0 aromatic heterocycles. The lowest BCUT2D eigenvalue weighted by molar-refractivity contribution is -0.139. The first kappa shape index (κ1) is 13.8. The summed E-state index contributed by atoms with van der Waals surface area (Å²) in [6.45, 7) is 10.4. The summed E-state index contributed by atoms with van der Waals surface area (Å²) in [5, 5.41) is 0. The summed E-state index contributed by atoms with van der Waals surface area (Å²) < 4.78 is 5.48. The average molecular weight is 254 g/mol. The molecule has 104 valence electrons. The molecule has 0 bridgehead atoms. The van der Waals surface area contributed by atoms with Crippen molar-refractivity contribution in [2.45, 2.75) is 45.8 Å². The lowest BCUT2D eigenvalue weighted by Crippen LogP contribution is -2.49. The molecule has 4 nitrogen and oxygen atoms in total. The summed E-state index contributed by atoms with van der Waals surface area (Å²) in [7, 11) is 0. The van der Waals surface area contributed by atoms with E-state index in [1.165, 1.54) is 6.42 Å². The number of carbonyl (C=O) groups is 1. The molecule has 0 aromatic carbocycles. The second-order valence-electron chi connectivity index (χ2n) is 5.73. The second-order valence-corrected chi connectivity index (χ2v) is 5.73. The Morgan fingerprint density at radius 2 is 2.11 bits per heavy atom. The van der Waals surface area contributed by atoms with Crippen LogP contribution in [0.25, 0.3) is 0 Å². The van der Waals surface area contributed by atoms with E-state index < -0.39 is 0 Å². The zero-order valence-electron chi connectivity index (χ0n) is 11.9. The maximum atomic E-state index is 12.3. The molecule has 2 rings (SSSR count). The molecular formula is C14H26N2O2. The molecule has 0 unspecified atom stereocenters. The van der Waals surface area contributed by atoms with Gasteiger partial charge in [0.2, 0.25) is 5.91 Å².